The molecule has 2 aromatic heterocycles. The van der Waals surface area contributed by atoms with Gasteiger partial charge < -0.3 is 4.90 Å². The first kappa shape index (κ1) is 29.9. The van der Waals surface area contributed by atoms with Gasteiger partial charge in [0.25, 0.3) is 0 Å². The second-order valence-corrected chi connectivity index (χ2v) is 15.1. The van der Waals surface area contributed by atoms with E-state index in [-0.39, 0.29) is 0 Å². The highest BCUT2D eigenvalue weighted by atomic mass is 32.1. The summed E-state index contributed by atoms with van der Waals surface area (Å²) in [6.45, 7) is 0. The van der Waals surface area contributed by atoms with Gasteiger partial charge in [0.1, 0.15) is 0 Å². The Morgan fingerprint density at radius 2 is 0.765 bits per heavy atom. The molecule has 240 valence electrons. The molecule has 0 atom stereocenters. The average molecular weight is 686 g/mol. The summed E-state index contributed by atoms with van der Waals surface area (Å²) in [5.41, 5.74) is 10.7. The topological polar surface area (TPSA) is 3.24 Å². The van der Waals surface area contributed by atoms with Crippen LogP contribution in [0.5, 0.6) is 0 Å². The number of nitrogens with zero attached hydrogens (tertiary/aromatic N) is 1. The predicted molar refractivity (Wildman–Crippen MR) is 223 cm³/mol. The van der Waals surface area contributed by atoms with E-state index in [0.29, 0.717) is 0 Å². The van der Waals surface area contributed by atoms with Crippen molar-refractivity contribution in [3.8, 4) is 33.4 Å². The van der Waals surface area contributed by atoms with Gasteiger partial charge in [0.15, 0.2) is 0 Å². The molecule has 0 aliphatic heterocycles. The third-order valence-corrected chi connectivity index (χ3v) is 12.1. The molecule has 0 aliphatic rings. The van der Waals surface area contributed by atoms with Crippen LogP contribution in [0.15, 0.2) is 188 Å². The Morgan fingerprint density at radius 1 is 0.294 bits per heavy atom. The van der Waals surface area contributed by atoms with Gasteiger partial charge in [-0.25, -0.2) is 0 Å². The minimum atomic E-state index is 1.12. The van der Waals surface area contributed by atoms with Crippen LogP contribution in [0.25, 0.3) is 73.7 Å². The Kier molecular flexibility index (Phi) is 7.26. The molecule has 10 rings (SSSR count). The number of thiophene rings is 2. The molecule has 51 heavy (non-hydrogen) atoms. The van der Waals surface area contributed by atoms with Gasteiger partial charge in [-0.05, 0) is 88.0 Å². The van der Waals surface area contributed by atoms with Crippen molar-refractivity contribution < 1.29 is 0 Å². The molecule has 0 saturated carbocycles. The van der Waals surface area contributed by atoms with E-state index in [1.807, 2.05) is 22.7 Å². The van der Waals surface area contributed by atoms with Crippen molar-refractivity contribution in [3.63, 3.8) is 0 Å². The summed E-state index contributed by atoms with van der Waals surface area (Å²) in [5, 5.41) is 5.40. The number of anilines is 3. The normalized spacial score (nSPS) is 11.5. The van der Waals surface area contributed by atoms with Crippen LogP contribution in [0.3, 0.4) is 0 Å². The van der Waals surface area contributed by atoms with E-state index < -0.39 is 0 Å². The average Bonchev–Trinajstić information content (AvgIpc) is 3.77. The fourth-order valence-corrected chi connectivity index (χ4v) is 9.76. The Balaban J connectivity index is 1.22. The zero-order valence-electron chi connectivity index (χ0n) is 27.7. The maximum absolute atomic E-state index is 2.41. The molecule has 0 fully saturated rings. The maximum Gasteiger partial charge on any atom is 0.0482 e. The van der Waals surface area contributed by atoms with Crippen LogP contribution < -0.4 is 4.90 Å². The summed E-state index contributed by atoms with van der Waals surface area (Å²) in [6.07, 6.45) is 0. The fraction of sp³-hybridized carbons (Fsp3) is 0. The quantitative estimate of drug-likeness (QED) is 0.168. The zero-order valence-corrected chi connectivity index (χ0v) is 29.3. The van der Waals surface area contributed by atoms with Crippen LogP contribution in [0, 0.1) is 0 Å². The van der Waals surface area contributed by atoms with E-state index in [1.54, 1.807) is 0 Å². The van der Waals surface area contributed by atoms with E-state index in [4.69, 9.17) is 0 Å². The van der Waals surface area contributed by atoms with Gasteiger partial charge in [-0.15, -0.1) is 22.7 Å². The van der Waals surface area contributed by atoms with Crippen LogP contribution >= 0.6 is 22.7 Å². The molecule has 0 bridgehead atoms. The molecule has 3 heteroatoms. The smallest absolute Gasteiger partial charge is 0.0482 e. The van der Waals surface area contributed by atoms with E-state index in [9.17, 15) is 0 Å². The van der Waals surface area contributed by atoms with Crippen molar-refractivity contribution in [2.24, 2.45) is 0 Å². The molecule has 0 spiro atoms. The van der Waals surface area contributed by atoms with Crippen LogP contribution in [0.4, 0.5) is 17.1 Å². The van der Waals surface area contributed by atoms with Crippen LogP contribution in [0.2, 0.25) is 0 Å². The lowest BCUT2D eigenvalue weighted by molar-refractivity contribution is 1.29. The highest BCUT2D eigenvalue weighted by Crippen LogP contribution is 2.50. The Labute approximate surface area is 304 Å². The fourth-order valence-electron chi connectivity index (χ4n) is 7.48. The number of benzene rings is 8. The molecular formula is C48H31NS2. The first-order valence-corrected chi connectivity index (χ1v) is 18.9. The van der Waals surface area contributed by atoms with Gasteiger partial charge >= 0.3 is 0 Å². The SMILES string of the molecule is c1ccc(-c2ccc(N(c3ccc(-c4ccccc4)cc3)c3cc(-c4ccccc4)c4c(c3)sc3ccc5sc6ccccc6c5c34)cc2)cc1. The number of hydrogen-bond donors (Lipinski definition) is 0. The van der Waals surface area contributed by atoms with Gasteiger partial charge in [0, 0.05) is 57.4 Å². The molecule has 10 aromatic rings. The largest absolute Gasteiger partial charge is 0.310 e. The van der Waals surface area contributed by atoms with E-state index in [0.717, 1.165) is 17.1 Å². The van der Waals surface area contributed by atoms with Gasteiger partial charge in [-0.1, -0.05) is 133 Å². The van der Waals surface area contributed by atoms with Crippen molar-refractivity contribution >= 4 is 80.1 Å². The molecule has 0 saturated heterocycles. The number of hydrogen-bond acceptors (Lipinski definition) is 3. The van der Waals surface area contributed by atoms with Crippen LogP contribution in [-0.4, -0.2) is 0 Å². The van der Waals surface area contributed by atoms with E-state index in [2.05, 4.69) is 193 Å². The van der Waals surface area contributed by atoms with Gasteiger partial charge in [0.2, 0.25) is 0 Å². The summed E-state index contributed by atoms with van der Waals surface area (Å²) >= 11 is 3.78. The second kappa shape index (κ2) is 12.4. The van der Waals surface area contributed by atoms with Crippen LogP contribution in [0.1, 0.15) is 0 Å². The molecule has 2 heterocycles. The van der Waals surface area contributed by atoms with Gasteiger partial charge in [-0.2, -0.15) is 0 Å². The zero-order chi connectivity index (χ0) is 33.7. The van der Waals surface area contributed by atoms with E-state index >= 15 is 0 Å². The summed E-state index contributed by atoms with van der Waals surface area (Å²) in [5.74, 6) is 0. The molecule has 8 aromatic carbocycles. The summed E-state index contributed by atoms with van der Waals surface area (Å²) in [7, 11) is 0. The van der Waals surface area contributed by atoms with Crippen molar-refractivity contribution in [1.29, 1.82) is 0 Å². The number of fused-ring (bicyclic) bond motifs is 7. The first-order chi connectivity index (χ1) is 25.3. The molecule has 0 radical (unpaired) electrons. The van der Waals surface area contributed by atoms with Crippen molar-refractivity contribution in [2.75, 3.05) is 4.90 Å². The third kappa shape index (κ3) is 5.21. The Bertz CT molecular complexity index is 2730. The standard InChI is InChI=1S/C48H31NS2/c1-4-12-32(13-5-1)34-20-24-37(25-21-34)49(38-26-22-35(23-27-38)33-14-6-2-7-15-33)39-30-41(36-16-8-3-9-17-36)47-45(31-39)51-44-29-28-43-46(48(44)47)40-18-10-11-19-42(40)50-43/h1-31H. The molecule has 0 unspecified atom stereocenters. The minimum absolute atomic E-state index is 1.12. The molecule has 0 aliphatic carbocycles. The highest BCUT2D eigenvalue weighted by molar-refractivity contribution is 7.28. The summed E-state index contributed by atoms with van der Waals surface area (Å²) < 4.78 is 5.28. The molecule has 0 N–H and O–H groups in total. The monoisotopic (exact) mass is 685 g/mol. The highest BCUT2D eigenvalue weighted by Gasteiger charge is 2.21. The van der Waals surface area contributed by atoms with E-state index in [1.165, 1.54) is 73.7 Å². The predicted octanol–water partition coefficient (Wildman–Crippen LogP) is 14.9. The molecule has 1 nitrogen and oxygen atoms in total. The van der Waals surface area contributed by atoms with Crippen molar-refractivity contribution in [3.05, 3.63) is 188 Å². The first-order valence-electron chi connectivity index (χ1n) is 17.3. The van der Waals surface area contributed by atoms with Crippen molar-refractivity contribution in [1.82, 2.24) is 0 Å². The third-order valence-electron chi connectivity index (χ3n) is 9.87. The van der Waals surface area contributed by atoms with Crippen molar-refractivity contribution in [2.45, 2.75) is 0 Å². The molecule has 0 amide bonds. The Hall–Kier alpha value is -6.00. The summed E-state index contributed by atoms with van der Waals surface area (Å²) in [4.78, 5) is 2.41. The lowest BCUT2D eigenvalue weighted by Crippen LogP contribution is -2.10. The Morgan fingerprint density at radius 3 is 1.35 bits per heavy atom. The van der Waals surface area contributed by atoms with Gasteiger partial charge in [0.05, 0.1) is 0 Å². The van der Waals surface area contributed by atoms with Crippen LogP contribution in [-0.2, 0) is 0 Å². The maximum atomic E-state index is 2.41. The minimum Gasteiger partial charge on any atom is -0.310 e. The van der Waals surface area contributed by atoms with Gasteiger partial charge in [-0.3, -0.25) is 0 Å². The lowest BCUT2D eigenvalue weighted by atomic mass is 9.96. The second-order valence-electron chi connectivity index (χ2n) is 12.9. The number of rotatable bonds is 6. The molecular weight excluding hydrogens is 655 g/mol. The lowest BCUT2D eigenvalue weighted by Gasteiger charge is -2.27. The summed E-state index contributed by atoms with van der Waals surface area (Å²) in [6, 6.07) is 68.4.